The summed E-state index contributed by atoms with van der Waals surface area (Å²) in [4.78, 5) is 0.0650. The summed E-state index contributed by atoms with van der Waals surface area (Å²) in [5, 5.41) is 12.3. The fourth-order valence-electron chi connectivity index (χ4n) is 3.53. The number of nitrogens with two attached hydrogens (primary N) is 1. The van der Waals surface area contributed by atoms with Gasteiger partial charge in [0, 0.05) is 11.1 Å². The Bertz CT molecular complexity index is 1490. The molecule has 0 unspecified atom stereocenters. The van der Waals surface area contributed by atoms with Gasteiger partial charge in [-0.2, -0.15) is 5.10 Å². The van der Waals surface area contributed by atoms with Crippen LogP contribution in [0.5, 0.6) is 0 Å². The predicted octanol–water partition coefficient (Wildman–Crippen LogP) is 4.45. The fraction of sp³-hybridized carbons (Fsp3) is 0. The number of hydrogen-bond donors (Lipinski definition) is 1. The first-order valence-corrected chi connectivity index (χ1v) is 10.9. The van der Waals surface area contributed by atoms with Gasteiger partial charge in [-0.1, -0.05) is 42.5 Å². The Morgan fingerprint density at radius 2 is 1.67 bits per heavy atom. The van der Waals surface area contributed by atoms with E-state index in [1.54, 1.807) is 12.1 Å². The second kappa shape index (κ2) is 6.97. The number of benzene rings is 3. The first-order chi connectivity index (χ1) is 14.5. The van der Waals surface area contributed by atoms with Gasteiger partial charge in [-0.15, -0.1) is 5.73 Å². The number of allylic oxidation sites excluding steroid dienone is 3. The topological polar surface area (TPSA) is 78.0 Å². The Morgan fingerprint density at radius 1 is 0.900 bits per heavy atom. The molecule has 1 aliphatic rings. The third-order valence-corrected chi connectivity index (χ3v) is 5.97. The maximum absolute atomic E-state index is 11.6. The van der Waals surface area contributed by atoms with Crippen molar-refractivity contribution in [3.8, 4) is 16.9 Å². The molecule has 0 atom stereocenters. The molecule has 0 saturated heterocycles. The van der Waals surface area contributed by atoms with E-state index in [0.717, 1.165) is 39.0 Å². The van der Waals surface area contributed by atoms with Crippen molar-refractivity contribution in [1.29, 1.82) is 0 Å². The highest BCUT2D eigenvalue weighted by Crippen LogP contribution is 2.30. The third-order valence-electron chi connectivity index (χ3n) is 5.04. The summed E-state index contributed by atoms with van der Waals surface area (Å²) in [6.45, 7) is 0. The van der Waals surface area contributed by atoms with Gasteiger partial charge in [0.15, 0.2) is 0 Å². The number of aromatic nitrogens is 2. The lowest BCUT2D eigenvalue weighted by Gasteiger charge is -2.09. The second-order valence-electron chi connectivity index (χ2n) is 7.01. The zero-order chi connectivity index (χ0) is 20.7. The van der Waals surface area contributed by atoms with Crippen molar-refractivity contribution in [3.05, 3.63) is 102 Å². The van der Waals surface area contributed by atoms with Gasteiger partial charge < -0.3 is 0 Å². The van der Waals surface area contributed by atoms with Crippen LogP contribution in [-0.4, -0.2) is 18.2 Å². The van der Waals surface area contributed by atoms with E-state index >= 15 is 0 Å². The van der Waals surface area contributed by atoms with Gasteiger partial charge in [0.1, 0.15) is 5.69 Å². The molecular weight excluding hydrogens is 394 g/mol. The molecule has 0 saturated carbocycles. The largest absolute Gasteiger partial charge is 0.238 e. The summed E-state index contributed by atoms with van der Waals surface area (Å²) >= 11 is 0. The van der Waals surface area contributed by atoms with Gasteiger partial charge in [-0.05, 0) is 59.3 Å². The second-order valence-corrected chi connectivity index (χ2v) is 8.57. The monoisotopic (exact) mass is 411 g/mol. The molecule has 1 heterocycles. The Morgan fingerprint density at radius 3 is 2.37 bits per heavy atom. The summed E-state index contributed by atoms with van der Waals surface area (Å²) < 4.78 is 25.0. The Labute approximate surface area is 174 Å². The lowest BCUT2D eigenvalue weighted by Crippen LogP contribution is -2.12. The van der Waals surface area contributed by atoms with Crippen molar-refractivity contribution < 1.29 is 8.42 Å². The molecule has 0 fully saturated rings. The quantitative estimate of drug-likeness (QED) is 0.504. The third kappa shape index (κ3) is 3.29. The molecule has 0 spiro atoms. The van der Waals surface area contributed by atoms with Crippen LogP contribution in [0.3, 0.4) is 0 Å². The van der Waals surface area contributed by atoms with Crippen LogP contribution in [-0.2, 0) is 10.0 Å². The van der Waals surface area contributed by atoms with E-state index in [4.69, 9.17) is 10.2 Å². The van der Waals surface area contributed by atoms with Crippen molar-refractivity contribution in [2.75, 3.05) is 0 Å². The van der Waals surface area contributed by atoms with Crippen LogP contribution in [0.4, 0.5) is 0 Å². The highest BCUT2D eigenvalue weighted by atomic mass is 32.2. The Balaban J connectivity index is 1.69. The molecule has 1 aromatic heterocycles. The fourth-order valence-corrected chi connectivity index (χ4v) is 4.05. The minimum absolute atomic E-state index is 0.0650. The summed E-state index contributed by atoms with van der Waals surface area (Å²) in [6, 6.07) is 22.9. The number of sulfonamides is 1. The van der Waals surface area contributed by atoms with E-state index in [2.05, 4.69) is 36.1 Å². The zero-order valence-corrected chi connectivity index (χ0v) is 16.7. The van der Waals surface area contributed by atoms with Crippen molar-refractivity contribution in [3.63, 3.8) is 0 Å². The SMILES string of the molecule is NS(=O)(=O)c1ccc(-n2nc(C3=C=CC=C3)cc2-c2ccc3ccccc3c2)cc1. The minimum Gasteiger partial charge on any atom is -0.232 e. The minimum atomic E-state index is -3.75. The van der Waals surface area contributed by atoms with Crippen LogP contribution in [0.1, 0.15) is 5.69 Å². The standard InChI is InChI=1S/C24H17N3O2S/c25-30(28,29)22-13-11-21(12-14-22)27-24(16-23(26-27)18-6-2-3-7-18)20-10-9-17-5-1-4-8-19(17)15-20/h1-6,8-16H,(H2,25,28,29). The van der Waals surface area contributed by atoms with Crippen molar-refractivity contribution in [1.82, 2.24) is 9.78 Å². The first-order valence-electron chi connectivity index (χ1n) is 9.35. The van der Waals surface area contributed by atoms with E-state index in [0.29, 0.717) is 0 Å². The first kappa shape index (κ1) is 18.3. The molecule has 0 aliphatic heterocycles. The normalized spacial score (nSPS) is 13.2. The van der Waals surface area contributed by atoms with Crippen LogP contribution < -0.4 is 5.14 Å². The molecule has 3 aromatic carbocycles. The molecule has 0 bridgehead atoms. The number of fused-ring (bicyclic) bond motifs is 1. The lowest BCUT2D eigenvalue weighted by molar-refractivity contribution is 0.598. The Kier molecular flexibility index (Phi) is 4.26. The predicted molar refractivity (Wildman–Crippen MR) is 119 cm³/mol. The number of nitrogens with zero attached hydrogens (tertiary/aromatic N) is 2. The van der Waals surface area contributed by atoms with Gasteiger partial charge in [0.05, 0.1) is 16.3 Å². The molecular formula is C24H17N3O2S. The smallest absolute Gasteiger partial charge is 0.232 e. The van der Waals surface area contributed by atoms with Crippen molar-refractivity contribution >= 4 is 26.4 Å². The Hall–Kier alpha value is -3.70. The van der Waals surface area contributed by atoms with Gasteiger partial charge in [-0.3, -0.25) is 0 Å². The summed E-state index contributed by atoms with van der Waals surface area (Å²) in [7, 11) is -3.75. The van der Waals surface area contributed by atoms with E-state index in [1.807, 2.05) is 41.1 Å². The van der Waals surface area contributed by atoms with Gasteiger partial charge in [0.2, 0.25) is 10.0 Å². The molecule has 1 aliphatic carbocycles. The molecule has 146 valence electrons. The van der Waals surface area contributed by atoms with Crippen LogP contribution >= 0.6 is 0 Å². The van der Waals surface area contributed by atoms with Gasteiger partial charge >= 0.3 is 0 Å². The highest BCUT2D eigenvalue weighted by Gasteiger charge is 2.15. The van der Waals surface area contributed by atoms with Gasteiger partial charge in [-0.25, -0.2) is 18.2 Å². The molecule has 0 radical (unpaired) electrons. The maximum Gasteiger partial charge on any atom is 0.238 e. The molecule has 6 heteroatoms. The van der Waals surface area contributed by atoms with Gasteiger partial charge in [0.25, 0.3) is 0 Å². The average Bonchev–Trinajstić information content (AvgIpc) is 3.43. The highest BCUT2D eigenvalue weighted by molar-refractivity contribution is 7.89. The molecule has 5 rings (SSSR count). The summed E-state index contributed by atoms with van der Waals surface area (Å²) in [6.07, 6.45) is 5.73. The van der Waals surface area contributed by atoms with Crippen molar-refractivity contribution in [2.45, 2.75) is 4.90 Å². The number of primary sulfonamides is 1. The van der Waals surface area contributed by atoms with E-state index in [9.17, 15) is 8.42 Å². The van der Waals surface area contributed by atoms with Crippen LogP contribution in [0.2, 0.25) is 0 Å². The van der Waals surface area contributed by atoms with Crippen molar-refractivity contribution in [2.24, 2.45) is 5.14 Å². The average molecular weight is 411 g/mol. The maximum atomic E-state index is 11.6. The van der Waals surface area contributed by atoms with E-state index in [-0.39, 0.29) is 4.90 Å². The molecule has 4 aromatic rings. The van der Waals surface area contributed by atoms with E-state index < -0.39 is 10.0 Å². The number of rotatable bonds is 4. The summed E-state index contributed by atoms with van der Waals surface area (Å²) in [5.74, 6) is 0. The lowest BCUT2D eigenvalue weighted by atomic mass is 10.0. The number of hydrogen-bond acceptors (Lipinski definition) is 3. The zero-order valence-electron chi connectivity index (χ0n) is 15.9. The summed E-state index contributed by atoms with van der Waals surface area (Å²) in [5.41, 5.74) is 7.52. The van der Waals surface area contributed by atoms with Crippen LogP contribution in [0.25, 0.3) is 33.3 Å². The molecule has 5 nitrogen and oxygen atoms in total. The van der Waals surface area contributed by atoms with Crippen LogP contribution in [0, 0.1) is 0 Å². The van der Waals surface area contributed by atoms with Crippen LogP contribution in [0.15, 0.2) is 102 Å². The molecule has 0 amide bonds. The van der Waals surface area contributed by atoms with E-state index in [1.165, 1.54) is 12.1 Å². The molecule has 30 heavy (non-hydrogen) atoms. The molecule has 2 N–H and O–H groups in total.